The quantitative estimate of drug-likeness (QED) is 0.188. The van der Waals surface area contributed by atoms with E-state index in [4.69, 9.17) is 14.3 Å². The Morgan fingerprint density at radius 3 is 2.38 bits per heavy atom. The zero-order valence-electron chi connectivity index (χ0n) is 19.3. The molecule has 0 fully saturated rings. The van der Waals surface area contributed by atoms with Crippen molar-refractivity contribution >= 4 is 15.5 Å². The highest BCUT2D eigenvalue weighted by Crippen LogP contribution is 2.28. The van der Waals surface area contributed by atoms with E-state index in [1.165, 1.54) is 7.11 Å². The summed E-state index contributed by atoms with van der Waals surface area (Å²) < 4.78 is 36.8. The summed E-state index contributed by atoms with van der Waals surface area (Å²) in [6.07, 6.45) is 4.72. The molecule has 0 aliphatic rings. The first-order valence-corrected chi connectivity index (χ1v) is 12.5. The van der Waals surface area contributed by atoms with E-state index < -0.39 is 9.84 Å². The molecule has 174 valence electrons. The molecule has 0 aliphatic carbocycles. The van der Waals surface area contributed by atoms with Gasteiger partial charge in [-0.25, -0.2) is 8.42 Å². The van der Waals surface area contributed by atoms with Gasteiger partial charge in [0.15, 0.2) is 9.84 Å². The van der Waals surface area contributed by atoms with Gasteiger partial charge in [0.2, 0.25) is 0 Å². The first-order chi connectivity index (χ1) is 15.3. The molecule has 2 aromatic carbocycles. The molecule has 0 radical (unpaired) electrons. The highest BCUT2D eigenvalue weighted by molar-refractivity contribution is 7.92. The van der Waals surface area contributed by atoms with Crippen LogP contribution in [0.3, 0.4) is 0 Å². The molecule has 0 N–H and O–H groups in total. The Hall–Kier alpha value is -2.80. The number of aryl methyl sites for hydroxylation is 2. The van der Waals surface area contributed by atoms with Gasteiger partial charge >= 0.3 is 0 Å². The molecule has 0 aromatic heterocycles. The predicted molar refractivity (Wildman–Crippen MR) is 130 cm³/mol. The standard InChI is InChI=1S/C25H33NO5S/c1-5-6-13-30-24-16-20(2)25(21(3)17-24)31-14-10-15-32(27,28)19-23(26-29-4)18-22-11-8-7-9-12-22/h5-9,11-12,16-17H,10,13-15,18-19H2,1-4H3/b6-5+,26-23?. The van der Waals surface area contributed by atoms with Crippen LogP contribution < -0.4 is 9.47 Å². The van der Waals surface area contributed by atoms with Crippen molar-refractivity contribution in [1.82, 2.24) is 0 Å². The maximum Gasteiger partial charge on any atom is 0.155 e. The second-order valence-electron chi connectivity index (χ2n) is 7.56. The average Bonchev–Trinajstić information content (AvgIpc) is 2.73. The van der Waals surface area contributed by atoms with Gasteiger partial charge in [0.25, 0.3) is 0 Å². The molecule has 0 heterocycles. The molecule has 2 rings (SSSR count). The number of sulfone groups is 1. The number of rotatable bonds is 13. The molecule has 0 spiro atoms. The van der Waals surface area contributed by atoms with E-state index in [0.29, 0.717) is 31.8 Å². The maximum atomic E-state index is 12.6. The summed E-state index contributed by atoms with van der Waals surface area (Å²) in [5.41, 5.74) is 3.40. The van der Waals surface area contributed by atoms with Crippen LogP contribution >= 0.6 is 0 Å². The van der Waals surface area contributed by atoms with Gasteiger partial charge < -0.3 is 14.3 Å². The lowest BCUT2D eigenvalue weighted by Crippen LogP contribution is -2.22. The summed E-state index contributed by atoms with van der Waals surface area (Å²) in [6.45, 7) is 6.70. The summed E-state index contributed by atoms with van der Waals surface area (Å²) in [7, 11) is -1.91. The van der Waals surface area contributed by atoms with Gasteiger partial charge in [-0.1, -0.05) is 47.6 Å². The smallest absolute Gasteiger partial charge is 0.155 e. The normalized spacial score (nSPS) is 12.2. The Bertz CT molecular complexity index is 991. The molecule has 0 saturated heterocycles. The average molecular weight is 460 g/mol. The van der Waals surface area contributed by atoms with Gasteiger partial charge in [0, 0.05) is 6.42 Å². The molecule has 0 unspecified atom stereocenters. The fourth-order valence-corrected chi connectivity index (χ4v) is 4.68. The Kier molecular flexibility index (Phi) is 10.3. The molecular weight excluding hydrogens is 426 g/mol. The number of hydrogen-bond donors (Lipinski definition) is 0. The molecule has 0 atom stereocenters. The van der Waals surface area contributed by atoms with Gasteiger partial charge in [-0.05, 0) is 56.0 Å². The van der Waals surface area contributed by atoms with E-state index in [9.17, 15) is 8.42 Å². The topological polar surface area (TPSA) is 74.2 Å². The number of nitrogens with zero attached hydrogens (tertiary/aromatic N) is 1. The molecular formula is C25H33NO5S. The Balaban J connectivity index is 1.88. The third-order valence-corrected chi connectivity index (χ3v) is 6.40. The fourth-order valence-electron chi connectivity index (χ4n) is 3.31. The van der Waals surface area contributed by atoms with E-state index in [1.807, 2.05) is 75.4 Å². The van der Waals surface area contributed by atoms with E-state index in [-0.39, 0.29) is 11.5 Å². The molecule has 6 nitrogen and oxygen atoms in total. The van der Waals surface area contributed by atoms with Crippen molar-refractivity contribution in [2.75, 3.05) is 31.8 Å². The number of oxime groups is 1. The van der Waals surface area contributed by atoms with Crippen LogP contribution in [0.4, 0.5) is 0 Å². The fraction of sp³-hybridized carbons (Fsp3) is 0.400. The summed E-state index contributed by atoms with van der Waals surface area (Å²) in [5, 5.41) is 3.93. The van der Waals surface area contributed by atoms with E-state index in [0.717, 1.165) is 28.2 Å². The number of benzene rings is 2. The van der Waals surface area contributed by atoms with Gasteiger partial charge in [0.1, 0.15) is 25.2 Å². The highest BCUT2D eigenvalue weighted by Gasteiger charge is 2.17. The third-order valence-electron chi connectivity index (χ3n) is 4.72. The van der Waals surface area contributed by atoms with Crippen molar-refractivity contribution in [1.29, 1.82) is 0 Å². The molecule has 0 saturated carbocycles. The van der Waals surface area contributed by atoms with E-state index in [2.05, 4.69) is 5.16 Å². The van der Waals surface area contributed by atoms with Gasteiger partial charge in [-0.15, -0.1) is 0 Å². The number of ether oxygens (including phenoxy) is 2. The Morgan fingerprint density at radius 2 is 1.75 bits per heavy atom. The van der Waals surface area contributed by atoms with Crippen molar-refractivity contribution in [2.45, 2.75) is 33.6 Å². The van der Waals surface area contributed by atoms with Gasteiger partial charge in [-0.2, -0.15) is 0 Å². The van der Waals surface area contributed by atoms with Crippen molar-refractivity contribution in [3.05, 3.63) is 71.3 Å². The lowest BCUT2D eigenvalue weighted by atomic mass is 10.1. The number of hydrogen-bond acceptors (Lipinski definition) is 6. The van der Waals surface area contributed by atoms with Crippen molar-refractivity contribution < 1.29 is 22.7 Å². The number of allylic oxidation sites excluding steroid dienone is 1. The molecule has 7 heteroatoms. The van der Waals surface area contributed by atoms with Crippen LogP contribution in [0.25, 0.3) is 0 Å². The predicted octanol–water partition coefficient (Wildman–Crippen LogP) is 4.69. The first-order valence-electron chi connectivity index (χ1n) is 10.7. The van der Waals surface area contributed by atoms with E-state index >= 15 is 0 Å². The zero-order chi connectivity index (χ0) is 23.4. The van der Waals surface area contributed by atoms with Crippen LogP contribution in [0.2, 0.25) is 0 Å². The molecule has 0 amide bonds. The lowest BCUT2D eigenvalue weighted by Gasteiger charge is -2.14. The van der Waals surface area contributed by atoms with Crippen molar-refractivity contribution in [3.8, 4) is 11.5 Å². The van der Waals surface area contributed by atoms with Crippen LogP contribution in [0.5, 0.6) is 11.5 Å². The van der Waals surface area contributed by atoms with Crippen molar-refractivity contribution in [2.24, 2.45) is 5.16 Å². The van der Waals surface area contributed by atoms with Crippen molar-refractivity contribution in [3.63, 3.8) is 0 Å². The van der Waals surface area contributed by atoms with Crippen LogP contribution in [-0.4, -0.2) is 46.0 Å². The first kappa shape index (κ1) is 25.5. The van der Waals surface area contributed by atoms with Gasteiger partial charge in [-0.3, -0.25) is 0 Å². The zero-order valence-corrected chi connectivity index (χ0v) is 20.2. The minimum atomic E-state index is -3.33. The minimum absolute atomic E-state index is 0.0210. The molecule has 2 aromatic rings. The monoisotopic (exact) mass is 459 g/mol. The molecule has 0 aliphatic heterocycles. The third kappa shape index (κ3) is 8.75. The SMILES string of the molecule is C/C=C/COc1cc(C)c(OCCCS(=O)(=O)CC(Cc2ccccc2)=NOC)c(C)c1. The lowest BCUT2D eigenvalue weighted by molar-refractivity contribution is 0.212. The summed E-state index contributed by atoms with van der Waals surface area (Å²) >= 11 is 0. The maximum absolute atomic E-state index is 12.6. The molecule has 0 bridgehead atoms. The molecule has 32 heavy (non-hydrogen) atoms. The van der Waals surface area contributed by atoms with E-state index in [1.54, 1.807) is 0 Å². The summed E-state index contributed by atoms with van der Waals surface area (Å²) in [4.78, 5) is 4.86. The largest absolute Gasteiger partial charge is 0.493 e. The Morgan fingerprint density at radius 1 is 1.06 bits per heavy atom. The summed E-state index contributed by atoms with van der Waals surface area (Å²) in [6, 6.07) is 13.5. The van der Waals surface area contributed by atoms with Crippen LogP contribution in [0, 0.1) is 13.8 Å². The van der Waals surface area contributed by atoms with Crippen LogP contribution in [0.1, 0.15) is 30.0 Å². The second-order valence-corrected chi connectivity index (χ2v) is 9.75. The highest BCUT2D eigenvalue weighted by atomic mass is 32.2. The Labute approximate surface area is 191 Å². The van der Waals surface area contributed by atoms with Gasteiger partial charge in [0.05, 0.1) is 23.8 Å². The van der Waals surface area contributed by atoms with Crippen LogP contribution in [-0.2, 0) is 21.1 Å². The second kappa shape index (κ2) is 12.9. The minimum Gasteiger partial charge on any atom is -0.493 e. The van der Waals surface area contributed by atoms with Crippen LogP contribution in [0.15, 0.2) is 59.8 Å². The summed E-state index contributed by atoms with van der Waals surface area (Å²) in [5.74, 6) is 1.45.